The average molecular weight is 226 g/mol. The minimum Gasteiger partial charge on any atom is -0.354 e. The van der Waals surface area contributed by atoms with Crippen LogP contribution < -0.4 is 11.1 Å². The van der Waals surface area contributed by atoms with Gasteiger partial charge in [0.05, 0.1) is 0 Å². The van der Waals surface area contributed by atoms with Gasteiger partial charge in [-0.25, -0.2) is 0 Å². The molecule has 94 valence electrons. The molecule has 0 aromatic carbocycles. The third-order valence-corrected chi connectivity index (χ3v) is 3.78. The second-order valence-corrected chi connectivity index (χ2v) is 5.35. The van der Waals surface area contributed by atoms with Crippen LogP contribution in [-0.4, -0.2) is 18.5 Å². The number of hydrogen-bond acceptors (Lipinski definition) is 2. The molecular weight excluding hydrogens is 200 g/mol. The van der Waals surface area contributed by atoms with Crippen molar-refractivity contribution in [2.45, 2.75) is 64.8 Å². The molecule has 1 aliphatic rings. The van der Waals surface area contributed by atoms with Crippen LogP contribution in [0.3, 0.4) is 0 Å². The molecule has 0 heterocycles. The van der Waals surface area contributed by atoms with Gasteiger partial charge < -0.3 is 11.1 Å². The zero-order chi connectivity index (χ0) is 12.0. The van der Waals surface area contributed by atoms with Crippen LogP contribution in [0, 0.1) is 5.41 Å². The van der Waals surface area contributed by atoms with Crippen LogP contribution in [0.15, 0.2) is 0 Å². The topological polar surface area (TPSA) is 55.1 Å². The largest absolute Gasteiger partial charge is 0.354 e. The predicted octanol–water partition coefficient (Wildman–Crippen LogP) is 2.20. The first-order valence-electron chi connectivity index (χ1n) is 6.61. The molecule has 1 amide bonds. The number of nitrogens with one attached hydrogen (secondary N) is 1. The van der Waals surface area contributed by atoms with Crippen molar-refractivity contribution in [1.82, 2.24) is 5.32 Å². The molecule has 0 saturated heterocycles. The minimum atomic E-state index is 0.133. The number of amides is 1. The molecule has 3 N–H and O–H groups in total. The zero-order valence-corrected chi connectivity index (χ0v) is 10.7. The van der Waals surface area contributed by atoms with Crippen LogP contribution in [0.1, 0.15) is 58.8 Å². The molecule has 0 aromatic rings. The second-order valence-electron chi connectivity index (χ2n) is 5.35. The summed E-state index contributed by atoms with van der Waals surface area (Å²) in [6.45, 7) is 4.92. The molecule has 1 fully saturated rings. The lowest BCUT2D eigenvalue weighted by atomic mass is 9.66. The van der Waals surface area contributed by atoms with Gasteiger partial charge in [-0.3, -0.25) is 4.79 Å². The number of carbonyl (C=O) groups excluding carboxylic acids is 1. The highest BCUT2D eigenvalue weighted by atomic mass is 16.1. The molecular formula is C13H26N2O. The third kappa shape index (κ3) is 3.78. The highest BCUT2D eigenvalue weighted by Crippen LogP contribution is 2.42. The van der Waals surface area contributed by atoms with Crippen molar-refractivity contribution >= 4 is 5.91 Å². The summed E-state index contributed by atoms with van der Waals surface area (Å²) in [6.07, 6.45) is 7.56. The van der Waals surface area contributed by atoms with Gasteiger partial charge in [0.25, 0.3) is 0 Å². The van der Waals surface area contributed by atoms with Crippen LogP contribution in [0.4, 0.5) is 0 Å². The van der Waals surface area contributed by atoms with E-state index in [1.807, 2.05) is 0 Å². The van der Waals surface area contributed by atoms with Crippen molar-refractivity contribution in [1.29, 1.82) is 0 Å². The van der Waals surface area contributed by atoms with Crippen molar-refractivity contribution in [2.24, 2.45) is 11.1 Å². The molecule has 1 saturated carbocycles. The molecule has 0 aromatic heterocycles. The summed E-state index contributed by atoms with van der Waals surface area (Å²) in [5.74, 6) is 0.189. The Morgan fingerprint density at radius 3 is 2.62 bits per heavy atom. The summed E-state index contributed by atoms with van der Waals surface area (Å²) in [5.41, 5.74) is 5.88. The van der Waals surface area contributed by atoms with Gasteiger partial charge in [-0.1, -0.05) is 26.2 Å². The molecule has 0 aliphatic heterocycles. The number of hydrogen-bond donors (Lipinski definition) is 2. The lowest BCUT2D eigenvalue weighted by molar-refractivity contribution is -0.125. The van der Waals surface area contributed by atoms with Crippen LogP contribution in [-0.2, 0) is 4.79 Å². The highest BCUT2D eigenvalue weighted by molar-refractivity contribution is 5.77. The van der Waals surface area contributed by atoms with Gasteiger partial charge in [0.2, 0.25) is 5.91 Å². The Hall–Kier alpha value is -0.570. The van der Waals surface area contributed by atoms with Crippen molar-refractivity contribution in [2.75, 3.05) is 6.54 Å². The van der Waals surface area contributed by atoms with Gasteiger partial charge >= 0.3 is 0 Å². The van der Waals surface area contributed by atoms with Gasteiger partial charge in [0.1, 0.15) is 0 Å². The molecule has 0 spiro atoms. The third-order valence-electron chi connectivity index (χ3n) is 3.78. The number of nitrogens with two attached hydrogens (primary N) is 1. The molecule has 0 radical (unpaired) electrons. The Kier molecular flexibility index (Phi) is 5.26. The van der Waals surface area contributed by atoms with Gasteiger partial charge in [-0.05, 0) is 38.1 Å². The van der Waals surface area contributed by atoms with E-state index in [-0.39, 0.29) is 11.3 Å². The van der Waals surface area contributed by atoms with E-state index in [9.17, 15) is 4.79 Å². The number of rotatable bonds is 7. The quantitative estimate of drug-likeness (QED) is 0.699. The normalized spacial score (nSPS) is 19.9. The van der Waals surface area contributed by atoms with E-state index in [2.05, 4.69) is 19.2 Å². The minimum absolute atomic E-state index is 0.133. The lowest BCUT2D eigenvalue weighted by Crippen LogP contribution is -2.43. The van der Waals surface area contributed by atoms with E-state index in [1.54, 1.807) is 0 Å². The molecule has 3 nitrogen and oxygen atoms in total. The fourth-order valence-corrected chi connectivity index (χ4v) is 2.38. The zero-order valence-electron chi connectivity index (χ0n) is 10.7. The Morgan fingerprint density at radius 1 is 1.50 bits per heavy atom. The Bertz CT molecular complexity index is 218. The maximum absolute atomic E-state index is 11.8. The molecule has 1 aliphatic carbocycles. The summed E-state index contributed by atoms with van der Waals surface area (Å²) in [4.78, 5) is 11.8. The fraction of sp³-hybridized carbons (Fsp3) is 0.923. The van der Waals surface area contributed by atoms with E-state index in [1.165, 1.54) is 19.3 Å². The molecule has 1 unspecified atom stereocenters. The van der Waals surface area contributed by atoms with Gasteiger partial charge in [-0.15, -0.1) is 0 Å². The average Bonchev–Trinajstić information content (AvgIpc) is 2.20. The fourth-order valence-electron chi connectivity index (χ4n) is 2.38. The summed E-state index contributed by atoms with van der Waals surface area (Å²) in [5, 5.41) is 3.08. The van der Waals surface area contributed by atoms with Crippen LogP contribution in [0.5, 0.6) is 0 Å². The lowest BCUT2D eigenvalue weighted by Gasteiger charge is -2.40. The number of carbonyl (C=O) groups is 1. The van der Waals surface area contributed by atoms with E-state index in [4.69, 9.17) is 5.73 Å². The summed E-state index contributed by atoms with van der Waals surface area (Å²) < 4.78 is 0. The van der Waals surface area contributed by atoms with Crippen LogP contribution in [0.25, 0.3) is 0 Å². The van der Waals surface area contributed by atoms with E-state index in [0.29, 0.717) is 19.0 Å². The van der Waals surface area contributed by atoms with E-state index >= 15 is 0 Å². The SMILES string of the molecule is CCCCC(C)NC(=O)CC1(CN)CCC1. The molecule has 16 heavy (non-hydrogen) atoms. The molecule has 0 bridgehead atoms. The Balaban J connectivity index is 2.24. The Morgan fingerprint density at radius 2 is 2.19 bits per heavy atom. The van der Waals surface area contributed by atoms with Gasteiger partial charge in [0, 0.05) is 12.5 Å². The van der Waals surface area contributed by atoms with E-state index in [0.717, 1.165) is 19.3 Å². The standard InChI is InChI=1S/C13H26N2O/c1-3-4-6-11(2)15-12(16)9-13(10-14)7-5-8-13/h11H,3-10,14H2,1-2H3,(H,15,16). The van der Waals surface area contributed by atoms with Crippen molar-refractivity contribution in [3.8, 4) is 0 Å². The summed E-state index contributed by atoms with van der Waals surface area (Å²) in [7, 11) is 0. The predicted molar refractivity (Wildman–Crippen MR) is 67.1 cm³/mol. The monoisotopic (exact) mass is 226 g/mol. The molecule has 3 heteroatoms. The van der Waals surface area contributed by atoms with Crippen molar-refractivity contribution in [3.05, 3.63) is 0 Å². The first-order valence-corrected chi connectivity index (χ1v) is 6.61. The number of unbranched alkanes of at least 4 members (excludes halogenated alkanes) is 1. The van der Waals surface area contributed by atoms with Gasteiger partial charge in [-0.2, -0.15) is 0 Å². The highest BCUT2D eigenvalue weighted by Gasteiger charge is 2.37. The van der Waals surface area contributed by atoms with Gasteiger partial charge in [0.15, 0.2) is 0 Å². The van der Waals surface area contributed by atoms with Crippen molar-refractivity contribution in [3.63, 3.8) is 0 Å². The summed E-state index contributed by atoms with van der Waals surface area (Å²) in [6, 6.07) is 0.308. The molecule has 1 atom stereocenters. The van der Waals surface area contributed by atoms with Crippen LogP contribution in [0.2, 0.25) is 0 Å². The van der Waals surface area contributed by atoms with E-state index < -0.39 is 0 Å². The second kappa shape index (κ2) is 6.24. The first kappa shape index (κ1) is 13.5. The van der Waals surface area contributed by atoms with Crippen LogP contribution >= 0.6 is 0 Å². The maximum atomic E-state index is 11.8. The first-order chi connectivity index (χ1) is 7.62. The smallest absolute Gasteiger partial charge is 0.220 e. The molecule has 1 rings (SSSR count). The maximum Gasteiger partial charge on any atom is 0.220 e. The Labute approximate surface area is 99.2 Å². The van der Waals surface area contributed by atoms with Crippen molar-refractivity contribution < 1.29 is 4.79 Å². The summed E-state index contributed by atoms with van der Waals surface area (Å²) >= 11 is 0.